The minimum absolute atomic E-state index is 0.118. The third-order valence-electron chi connectivity index (χ3n) is 5.84. The van der Waals surface area contributed by atoms with E-state index >= 15 is 0 Å². The Kier molecular flexibility index (Phi) is 6.47. The largest absolute Gasteiger partial charge is 0.385 e. The van der Waals surface area contributed by atoms with Gasteiger partial charge in [-0.1, -0.05) is 6.07 Å². The van der Waals surface area contributed by atoms with Gasteiger partial charge in [0, 0.05) is 51.8 Å². The lowest BCUT2D eigenvalue weighted by Crippen LogP contribution is -2.49. The second-order valence-corrected chi connectivity index (χ2v) is 8.17. The number of carbonyl (C=O) groups excluding carboxylic acids is 1. The molecule has 1 aromatic heterocycles. The molecule has 0 spiro atoms. The van der Waals surface area contributed by atoms with Gasteiger partial charge in [0.15, 0.2) is 0 Å². The van der Waals surface area contributed by atoms with Crippen molar-refractivity contribution in [2.45, 2.75) is 50.8 Å². The molecule has 1 amide bonds. The summed E-state index contributed by atoms with van der Waals surface area (Å²) in [7, 11) is 3.74. The van der Waals surface area contributed by atoms with Gasteiger partial charge in [0.1, 0.15) is 6.10 Å². The summed E-state index contributed by atoms with van der Waals surface area (Å²) in [5.74, 6) is 0.118. The number of amides is 1. The molecule has 1 N–H and O–H groups in total. The third kappa shape index (κ3) is 4.79. The Labute approximate surface area is 172 Å². The van der Waals surface area contributed by atoms with Crippen molar-refractivity contribution in [3.8, 4) is 0 Å². The average molecular weight is 401 g/mol. The summed E-state index contributed by atoms with van der Waals surface area (Å²) in [4.78, 5) is 15.1. The van der Waals surface area contributed by atoms with Crippen molar-refractivity contribution in [2.75, 3.05) is 33.4 Å². The van der Waals surface area contributed by atoms with Crippen LogP contribution < -0.4 is 5.32 Å². The van der Waals surface area contributed by atoms with E-state index in [2.05, 4.69) is 22.5 Å². The van der Waals surface area contributed by atoms with E-state index in [4.69, 9.17) is 9.47 Å². The van der Waals surface area contributed by atoms with Crippen LogP contribution in [0, 0.1) is 0 Å². The molecule has 2 aromatic rings. The lowest BCUT2D eigenvalue weighted by Gasteiger charge is -2.30. The van der Waals surface area contributed by atoms with Crippen LogP contribution in [-0.2, 0) is 34.3 Å². The molecule has 1 aliphatic heterocycles. The summed E-state index contributed by atoms with van der Waals surface area (Å²) in [5.41, 5.74) is 3.67. The number of morpholine rings is 1. The van der Waals surface area contributed by atoms with E-state index in [1.807, 2.05) is 22.8 Å². The Balaban J connectivity index is 1.54. The SMILES string of the molecule is COCCCCc1cc(CN(C(=O)[C@H]2CNCCO2)C2CC2)cc2cnn(C)c12. The van der Waals surface area contributed by atoms with Crippen LogP contribution in [0.15, 0.2) is 18.3 Å². The fourth-order valence-corrected chi connectivity index (χ4v) is 4.21. The first-order chi connectivity index (χ1) is 14.2. The Morgan fingerprint density at radius 3 is 2.97 bits per heavy atom. The van der Waals surface area contributed by atoms with E-state index in [9.17, 15) is 4.79 Å². The summed E-state index contributed by atoms with van der Waals surface area (Å²) in [6.07, 6.45) is 6.84. The van der Waals surface area contributed by atoms with Gasteiger partial charge < -0.3 is 19.7 Å². The standard InChI is InChI=1S/C22H32N4O3/c1-25-21-17(5-3-4-9-28-2)11-16(12-18(21)13-24-25)15-26(19-6-7-19)22(27)20-14-23-8-10-29-20/h11-13,19-20,23H,3-10,14-15H2,1-2H3/t20-/m1/s1. The zero-order chi connectivity index (χ0) is 20.2. The fraction of sp³-hybridized carbons (Fsp3) is 0.636. The van der Waals surface area contributed by atoms with Crippen LogP contribution in [0.3, 0.4) is 0 Å². The molecule has 2 aliphatic rings. The van der Waals surface area contributed by atoms with Crippen molar-refractivity contribution >= 4 is 16.8 Å². The molecule has 7 heteroatoms. The molecule has 158 valence electrons. The molecule has 29 heavy (non-hydrogen) atoms. The van der Waals surface area contributed by atoms with E-state index in [1.165, 1.54) is 16.6 Å². The molecule has 2 heterocycles. The molecule has 0 unspecified atom stereocenters. The number of nitrogens with zero attached hydrogens (tertiary/aromatic N) is 3. The van der Waals surface area contributed by atoms with Crippen LogP contribution in [-0.4, -0.2) is 66.1 Å². The summed E-state index contributed by atoms with van der Waals surface area (Å²) in [6.45, 7) is 3.45. The van der Waals surface area contributed by atoms with Crippen LogP contribution in [0.25, 0.3) is 10.9 Å². The lowest BCUT2D eigenvalue weighted by atomic mass is 10.0. The van der Waals surface area contributed by atoms with Crippen molar-refractivity contribution in [1.29, 1.82) is 0 Å². The number of hydrogen-bond acceptors (Lipinski definition) is 5. The van der Waals surface area contributed by atoms with Gasteiger partial charge in [-0.15, -0.1) is 0 Å². The van der Waals surface area contributed by atoms with Gasteiger partial charge in [0.2, 0.25) is 0 Å². The number of aryl methyl sites for hydroxylation is 2. The molecule has 4 rings (SSSR count). The molecule has 0 radical (unpaired) electrons. The van der Waals surface area contributed by atoms with E-state index in [0.717, 1.165) is 50.6 Å². The number of benzene rings is 1. The number of methoxy groups -OCH3 is 1. The predicted octanol–water partition coefficient (Wildman–Crippen LogP) is 2.02. The maximum absolute atomic E-state index is 13.1. The molecule has 1 atom stereocenters. The Bertz CT molecular complexity index is 840. The van der Waals surface area contributed by atoms with E-state index in [1.54, 1.807) is 7.11 Å². The molecule has 7 nitrogen and oxygen atoms in total. The molecule has 1 saturated carbocycles. The molecule has 1 saturated heterocycles. The number of unbranched alkanes of at least 4 members (excludes halogenated alkanes) is 1. The van der Waals surface area contributed by atoms with Crippen molar-refractivity contribution in [3.63, 3.8) is 0 Å². The predicted molar refractivity (Wildman–Crippen MR) is 112 cm³/mol. The topological polar surface area (TPSA) is 68.6 Å². The molecule has 1 aliphatic carbocycles. The first kappa shape index (κ1) is 20.3. The minimum Gasteiger partial charge on any atom is -0.385 e. The van der Waals surface area contributed by atoms with Gasteiger partial charge in [-0.3, -0.25) is 9.48 Å². The Morgan fingerprint density at radius 2 is 2.24 bits per heavy atom. The Morgan fingerprint density at radius 1 is 1.38 bits per heavy atom. The maximum atomic E-state index is 13.1. The third-order valence-corrected chi connectivity index (χ3v) is 5.84. The van der Waals surface area contributed by atoms with Crippen LogP contribution in [0.2, 0.25) is 0 Å². The number of aromatic nitrogens is 2. The van der Waals surface area contributed by atoms with E-state index in [-0.39, 0.29) is 12.0 Å². The molecule has 0 bridgehead atoms. The van der Waals surface area contributed by atoms with Crippen molar-refractivity contribution in [2.24, 2.45) is 7.05 Å². The first-order valence-corrected chi connectivity index (χ1v) is 10.7. The van der Waals surface area contributed by atoms with Crippen molar-refractivity contribution in [3.05, 3.63) is 29.5 Å². The summed E-state index contributed by atoms with van der Waals surface area (Å²) in [5, 5.41) is 8.87. The summed E-state index contributed by atoms with van der Waals surface area (Å²) >= 11 is 0. The highest BCUT2D eigenvalue weighted by Crippen LogP contribution is 2.31. The second-order valence-electron chi connectivity index (χ2n) is 8.17. The quantitative estimate of drug-likeness (QED) is 0.653. The van der Waals surface area contributed by atoms with Gasteiger partial charge in [0.25, 0.3) is 5.91 Å². The first-order valence-electron chi connectivity index (χ1n) is 10.7. The number of ether oxygens (including phenoxy) is 2. The lowest BCUT2D eigenvalue weighted by molar-refractivity contribution is -0.146. The number of nitrogens with one attached hydrogen (secondary N) is 1. The maximum Gasteiger partial charge on any atom is 0.253 e. The van der Waals surface area contributed by atoms with Crippen LogP contribution >= 0.6 is 0 Å². The summed E-state index contributed by atoms with van der Waals surface area (Å²) in [6, 6.07) is 4.80. The average Bonchev–Trinajstić information content (AvgIpc) is 3.52. The summed E-state index contributed by atoms with van der Waals surface area (Å²) < 4.78 is 12.9. The highest BCUT2D eigenvalue weighted by atomic mass is 16.5. The zero-order valence-electron chi connectivity index (χ0n) is 17.5. The minimum atomic E-state index is -0.361. The number of rotatable bonds is 9. The van der Waals surface area contributed by atoms with Crippen molar-refractivity contribution in [1.82, 2.24) is 20.0 Å². The van der Waals surface area contributed by atoms with Crippen LogP contribution in [0.1, 0.15) is 36.8 Å². The highest BCUT2D eigenvalue weighted by molar-refractivity contribution is 5.84. The van der Waals surface area contributed by atoms with Crippen LogP contribution in [0.4, 0.5) is 0 Å². The van der Waals surface area contributed by atoms with Gasteiger partial charge in [-0.2, -0.15) is 5.10 Å². The van der Waals surface area contributed by atoms with Gasteiger partial charge in [-0.05, 0) is 49.3 Å². The Hall–Kier alpha value is -1.96. The number of fused-ring (bicyclic) bond motifs is 1. The van der Waals surface area contributed by atoms with Gasteiger partial charge in [-0.25, -0.2) is 0 Å². The van der Waals surface area contributed by atoms with Crippen molar-refractivity contribution < 1.29 is 14.3 Å². The normalized spacial score (nSPS) is 19.6. The van der Waals surface area contributed by atoms with Gasteiger partial charge >= 0.3 is 0 Å². The smallest absolute Gasteiger partial charge is 0.253 e. The molecular formula is C22H32N4O3. The number of carbonyl (C=O) groups is 1. The highest BCUT2D eigenvalue weighted by Gasteiger charge is 2.36. The molecule has 1 aromatic carbocycles. The molecule has 2 fully saturated rings. The number of hydrogen-bond donors (Lipinski definition) is 1. The van der Waals surface area contributed by atoms with Gasteiger partial charge in [0.05, 0.1) is 18.3 Å². The second kappa shape index (κ2) is 9.24. The molecular weight excluding hydrogens is 368 g/mol. The fourth-order valence-electron chi connectivity index (χ4n) is 4.21. The van der Waals surface area contributed by atoms with E-state index < -0.39 is 0 Å². The monoisotopic (exact) mass is 400 g/mol. The van der Waals surface area contributed by atoms with E-state index in [0.29, 0.717) is 25.7 Å². The zero-order valence-corrected chi connectivity index (χ0v) is 17.5. The van der Waals surface area contributed by atoms with Crippen LogP contribution in [0.5, 0.6) is 0 Å².